The lowest BCUT2D eigenvalue weighted by Gasteiger charge is -2.26. The summed E-state index contributed by atoms with van der Waals surface area (Å²) in [5.41, 5.74) is 6.77. The van der Waals surface area contributed by atoms with Crippen molar-refractivity contribution >= 4 is 11.5 Å². The number of carbonyl (C=O) groups excluding carboxylic acids is 1. The van der Waals surface area contributed by atoms with Crippen LogP contribution in [0.1, 0.15) is 68.6 Å². The lowest BCUT2D eigenvalue weighted by atomic mass is 9.83. The van der Waals surface area contributed by atoms with Crippen LogP contribution < -0.4 is 5.32 Å². The Labute approximate surface area is 192 Å². The first-order valence-corrected chi connectivity index (χ1v) is 12.5. The Bertz CT molecular complexity index is 999. The monoisotopic (exact) mass is 429 g/mol. The highest BCUT2D eigenvalue weighted by molar-refractivity contribution is 6.20. The van der Waals surface area contributed by atoms with Crippen molar-refractivity contribution in [1.82, 2.24) is 15.2 Å². The summed E-state index contributed by atoms with van der Waals surface area (Å²) in [6.07, 6.45) is 15.7. The highest BCUT2D eigenvalue weighted by Gasteiger charge is 2.25. The molecular weight excluding hydrogens is 394 g/mol. The highest BCUT2D eigenvalue weighted by Crippen LogP contribution is 2.34. The van der Waals surface area contributed by atoms with E-state index in [1.165, 1.54) is 56.3 Å². The number of likely N-dealkylation sites (tertiary alicyclic amines) is 1. The van der Waals surface area contributed by atoms with Crippen molar-refractivity contribution in [3.8, 4) is 11.1 Å². The Morgan fingerprint density at radius 1 is 1.03 bits per heavy atom. The normalized spacial score (nSPS) is 21.8. The quantitative estimate of drug-likeness (QED) is 0.695. The van der Waals surface area contributed by atoms with E-state index < -0.39 is 0 Å². The van der Waals surface area contributed by atoms with Gasteiger partial charge >= 0.3 is 0 Å². The van der Waals surface area contributed by atoms with E-state index in [1.54, 1.807) is 0 Å². The van der Waals surface area contributed by atoms with Gasteiger partial charge in [0.2, 0.25) is 0 Å². The molecule has 5 rings (SSSR count). The maximum atomic E-state index is 13.2. The first-order valence-electron chi connectivity index (χ1n) is 12.5. The minimum atomic E-state index is 0.0961. The zero-order valence-corrected chi connectivity index (χ0v) is 19.3. The third-order valence-corrected chi connectivity index (χ3v) is 7.31. The van der Waals surface area contributed by atoms with Gasteiger partial charge in [-0.1, -0.05) is 44.4 Å². The largest absolute Gasteiger partial charge is 0.349 e. The number of amides is 1. The zero-order chi connectivity index (χ0) is 21.9. The summed E-state index contributed by atoms with van der Waals surface area (Å²) < 4.78 is 0. The fourth-order valence-electron chi connectivity index (χ4n) is 5.60. The molecule has 1 amide bonds. The number of allylic oxidation sites excluding steroid dienone is 1. The molecule has 1 aromatic carbocycles. The molecule has 1 aromatic heterocycles. The smallest absolute Gasteiger partial charge is 0.251 e. The van der Waals surface area contributed by atoms with E-state index >= 15 is 0 Å². The summed E-state index contributed by atoms with van der Waals surface area (Å²) in [4.78, 5) is 20.3. The number of fused-ring (bicyclic) bond motifs is 1. The van der Waals surface area contributed by atoms with E-state index in [0.717, 1.165) is 48.1 Å². The molecule has 0 spiro atoms. The van der Waals surface area contributed by atoms with E-state index in [2.05, 4.69) is 52.5 Å². The number of aromatic nitrogens is 1. The summed E-state index contributed by atoms with van der Waals surface area (Å²) in [7, 11) is 0. The molecular formula is C28H35N3O. The molecule has 3 aliphatic rings. The first kappa shape index (κ1) is 21.4. The van der Waals surface area contributed by atoms with E-state index in [-0.39, 0.29) is 5.91 Å². The van der Waals surface area contributed by atoms with Crippen molar-refractivity contribution in [3.63, 3.8) is 0 Å². The summed E-state index contributed by atoms with van der Waals surface area (Å²) in [6.45, 7) is 5.54. The second-order valence-corrected chi connectivity index (χ2v) is 10.0. The van der Waals surface area contributed by atoms with Gasteiger partial charge in [0, 0.05) is 36.1 Å². The lowest BCUT2D eigenvalue weighted by Crippen LogP contribution is -2.34. The molecule has 1 atom stereocenters. The molecule has 0 bridgehead atoms. The topological polar surface area (TPSA) is 45.2 Å². The van der Waals surface area contributed by atoms with Gasteiger partial charge in [0.1, 0.15) is 0 Å². The van der Waals surface area contributed by atoms with Gasteiger partial charge in [-0.15, -0.1) is 0 Å². The predicted molar refractivity (Wildman–Crippen MR) is 130 cm³/mol. The number of hydrogen-bond acceptors (Lipinski definition) is 3. The maximum absolute atomic E-state index is 13.2. The highest BCUT2D eigenvalue weighted by atomic mass is 16.1. The van der Waals surface area contributed by atoms with Gasteiger partial charge < -0.3 is 5.32 Å². The number of hydrogen-bond donors (Lipinski definition) is 1. The molecule has 4 heteroatoms. The number of piperidine rings is 1. The molecule has 1 aliphatic heterocycles. The van der Waals surface area contributed by atoms with E-state index in [1.807, 2.05) is 12.4 Å². The Morgan fingerprint density at radius 3 is 2.66 bits per heavy atom. The van der Waals surface area contributed by atoms with Crippen molar-refractivity contribution in [2.75, 3.05) is 13.1 Å². The van der Waals surface area contributed by atoms with Crippen LogP contribution in [-0.4, -0.2) is 34.9 Å². The minimum absolute atomic E-state index is 0.0961. The minimum Gasteiger partial charge on any atom is -0.349 e. The van der Waals surface area contributed by atoms with Gasteiger partial charge in [-0.25, -0.2) is 0 Å². The van der Waals surface area contributed by atoms with Crippen LogP contribution in [0.25, 0.3) is 16.7 Å². The number of pyridine rings is 1. The zero-order valence-electron chi connectivity index (χ0n) is 19.3. The average Bonchev–Trinajstić information content (AvgIpc) is 3.32. The summed E-state index contributed by atoms with van der Waals surface area (Å²) in [6, 6.07) is 9.24. The molecule has 1 saturated heterocycles. The molecule has 168 valence electrons. The molecule has 2 fully saturated rings. The predicted octanol–water partition coefficient (Wildman–Crippen LogP) is 5.37. The summed E-state index contributed by atoms with van der Waals surface area (Å²) in [5, 5.41) is 3.30. The number of rotatable bonds is 5. The van der Waals surface area contributed by atoms with Gasteiger partial charge in [-0.05, 0) is 85.5 Å². The van der Waals surface area contributed by atoms with Gasteiger partial charge in [0.15, 0.2) is 0 Å². The molecule has 1 saturated carbocycles. The molecule has 4 nitrogen and oxygen atoms in total. The molecule has 2 heterocycles. The molecule has 0 radical (unpaired) electrons. The van der Waals surface area contributed by atoms with Crippen molar-refractivity contribution in [2.24, 2.45) is 5.92 Å². The second-order valence-electron chi connectivity index (χ2n) is 10.0. The molecule has 2 aromatic rings. The van der Waals surface area contributed by atoms with E-state index in [0.29, 0.717) is 12.0 Å². The Hall–Kier alpha value is -2.46. The van der Waals surface area contributed by atoms with Crippen LogP contribution in [0, 0.1) is 5.92 Å². The van der Waals surface area contributed by atoms with Crippen LogP contribution >= 0.6 is 0 Å². The van der Waals surface area contributed by atoms with Gasteiger partial charge in [-0.2, -0.15) is 0 Å². The Morgan fingerprint density at radius 2 is 1.84 bits per heavy atom. The van der Waals surface area contributed by atoms with E-state index in [4.69, 9.17) is 0 Å². The van der Waals surface area contributed by atoms with E-state index in [9.17, 15) is 4.79 Å². The van der Waals surface area contributed by atoms with Gasteiger partial charge in [0.25, 0.3) is 5.91 Å². The number of carbonyl (C=O) groups is 1. The number of nitrogens with one attached hydrogen (secondary N) is 1. The average molecular weight is 430 g/mol. The Kier molecular flexibility index (Phi) is 6.40. The van der Waals surface area contributed by atoms with Crippen LogP contribution in [0.2, 0.25) is 0 Å². The fraction of sp³-hybridized carbons (Fsp3) is 0.500. The SMILES string of the molecule is CC1C=C(C(=O)NC2CCCC2)c2cc(-c3cncc(CN4CCCCC4)c3)ccc2C1. The standard InChI is InChI=1S/C28H35N3O/c1-20-13-23-10-9-22(16-26(23)27(14-20)28(32)30-25-7-3-4-8-25)24-15-21(17-29-18-24)19-31-11-5-2-6-12-31/h9-10,14-18,20,25H,2-8,11-13,19H2,1H3,(H,30,32). The van der Waals surface area contributed by atoms with Gasteiger partial charge in [-0.3, -0.25) is 14.7 Å². The van der Waals surface area contributed by atoms with Crippen LogP contribution in [0.3, 0.4) is 0 Å². The fourth-order valence-corrected chi connectivity index (χ4v) is 5.60. The van der Waals surface area contributed by atoms with Crippen molar-refractivity contribution < 1.29 is 4.79 Å². The van der Waals surface area contributed by atoms with Crippen LogP contribution in [0.4, 0.5) is 0 Å². The third-order valence-electron chi connectivity index (χ3n) is 7.31. The van der Waals surface area contributed by atoms with Crippen molar-refractivity contribution in [3.05, 3.63) is 59.4 Å². The lowest BCUT2D eigenvalue weighted by molar-refractivity contribution is -0.116. The molecule has 1 N–H and O–H groups in total. The number of benzene rings is 1. The Balaban J connectivity index is 1.40. The second kappa shape index (κ2) is 9.58. The van der Waals surface area contributed by atoms with Gasteiger partial charge in [0.05, 0.1) is 0 Å². The molecule has 32 heavy (non-hydrogen) atoms. The maximum Gasteiger partial charge on any atom is 0.251 e. The summed E-state index contributed by atoms with van der Waals surface area (Å²) in [5.74, 6) is 0.478. The van der Waals surface area contributed by atoms with Crippen LogP contribution in [0.15, 0.2) is 42.7 Å². The van der Waals surface area contributed by atoms with Crippen LogP contribution in [0.5, 0.6) is 0 Å². The van der Waals surface area contributed by atoms with Crippen LogP contribution in [-0.2, 0) is 17.8 Å². The van der Waals surface area contributed by atoms with Crippen molar-refractivity contribution in [2.45, 2.75) is 70.9 Å². The summed E-state index contributed by atoms with van der Waals surface area (Å²) >= 11 is 0. The first-order chi connectivity index (χ1) is 15.7. The molecule has 1 unspecified atom stereocenters. The number of nitrogens with zero attached hydrogens (tertiary/aromatic N) is 2. The third kappa shape index (κ3) is 4.80. The van der Waals surface area contributed by atoms with Crippen molar-refractivity contribution in [1.29, 1.82) is 0 Å². The molecule has 2 aliphatic carbocycles.